The Kier molecular flexibility index (Phi) is 3.85. The van der Waals surface area contributed by atoms with E-state index >= 15 is 0 Å². The first-order valence-electron chi connectivity index (χ1n) is 6.97. The van der Waals surface area contributed by atoms with Gasteiger partial charge in [-0.3, -0.25) is 0 Å². The first-order chi connectivity index (χ1) is 10.6. The Morgan fingerprint density at radius 2 is 2.09 bits per heavy atom. The van der Waals surface area contributed by atoms with Crippen LogP contribution in [0.15, 0.2) is 30.6 Å². The molecule has 114 valence electrons. The summed E-state index contributed by atoms with van der Waals surface area (Å²) in [5.74, 6) is -1.08. The zero-order valence-electron chi connectivity index (χ0n) is 12.0. The topological polar surface area (TPSA) is 72.3 Å². The Balaban J connectivity index is 1.98. The highest BCUT2D eigenvalue weighted by Crippen LogP contribution is 2.47. The van der Waals surface area contributed by atoms with Crippen LogP contribution in [0.2, 0.25) is 5.02 Å². The van der Waals surface area contributed by atoms with E-state index in [1.165, 1.54) is 12.4 Å². The van der Waals surface area contributed by atoms with Gasteiger partial charge in [-0.05, 0) is 31.4 Å². The van der Waals surface area contributed by atoms with Crippen molar-refractivity contribution in [3.05, 3.63) is 46.9 Å². The van der Waals surface area contributed by atoms with Crippen molar-refractivity contribution in [2.24, 2.45) is 0 Å². The molecule has 0 unspecified atom stereocenters. The minimum Gasteiger partial charge on any atom is -0.477 e. The zero-order valence-corrected chi connectivity index (χ0v) is 12.8. The summed E-state index contributed by atoms with van der Waals surface area (Å²) in [6, 6.07) is 7.05. The van der Waals surface area contributed by atoms with Crippen LogP contribution in [-0.4, -0.2) is 28.2 Å². The van der Waals surface area contributed by atoms with Crippen LogP contribution in [0.4, 0.5) is 0 Å². The molecule has 1 fully saturated rings. The monoisotopic (exact) mass is 318 g/mol. The van der Waals surface area contributed by atoms with E-state index in [9.17, 15) is 4.79 Å². The average molecular weight is 319 g/mol. The lowest BCUT2D eigenvalue weighted by molar-refractivity contribution is -0.0777. The fraction of sp³-hybridized carbons (Fsp3) is 0.312. The minimum atomic E-state index is -1.08. The van der Waals surface area contributed by atoms with E-state index in [0.717, 1.165) is 30.4 Å². The molecule has 0 aliphatic heterocycles. The summed E-state index contributed by atoms with van der Waals surface area (Å²) in [6.45, 7) is 0. The predicted octanol–water partition coefficient (Wildman–Crippen LogP) is 3.52. The number of nitrogens with zero attached hydrogens (tertiary/aromatic N) is 2. The Morgan fingerprint density at radius 1 is 1.32 bits per heavy atom. The molecule has 0 spiro atoms. The number of benzene rings is 1. The van der Waals surface area contributed by atoms with Gasteiger partial charge in [0.25, 0.3) is 0 Å². The van der Waals surface area contributed by atoms with E-state index in [1.54, 1.807) is 13.2 Å². The number of carboxylic acids is 1. The van der Waals surface area contributed by atoms with Crippen LogP contribution in [0.5, 0.6) is 0 Å². The number of aromatic nitrogens is 2. The lowest BCUT2D eigenvalue weighted by Gasteiger charge is -2.41. The highest BCUT2D eigenvalue weighted by molar-refractivity contribution is 6.31. The van der Waals surface area contributed by atoms with Crippen LogP contribution in [-0.2, 0) is 10.3 Å². The summed E-state index contributed by atoms with van der Waals surface area (Å²) < 4.78 is 5.65. The average Bonchev–Trinajstić information content (AvgIpc) is 2.48. The van der Waals surface area contributed by atoms with Crippen LogP contribution in [0.25, 0.3) is 11.3 Å². The molecule has 0 saturated heterocycles. The molecular weight excluding hydrogens is 304 g/mol. The standard InChI is InChI=1S/C16H15ClN2O3/c1-22-16(5-2-6-16)11-4-3-10(7-12(11)17)13-8-14(15(20)21)19-9-18-13/h3-4,7-9H,2,5-6H2,1H3,(H,20,21). The Bertz CT molecular complexity index is 724. The summed E-state index contributed by atoms with van der Waals surface area (Å²) in [5.41, 5.74) is 1.93. The first kappa shape index (κ1) is 14.9. The molecule has 0 atom stereocenters. The molecule has 1 heterocycles. The first-order valence-corrected chi connectivity index (χ1v) is 7.34. The molecule has 1 saturated carbocycles. The molecule has 0 radical (unpaired) electrons. The SMILES string of the molecule is COC1(c2ccc(-c3cc(C(=O)O)ncn3)cc2Cl)CCC1. The fourth-order valence-corrected chi connectivity index (χ4v) is 3.11. The van der Waals surface area contributed by atoms with Crippen LogP contribution >= 0.6 is 11.6 Å². The normalized spacial score (nSPS) is 16.1. The highest BCUT2D eigenvalue weighted by atomic mass is 35.5. The molecule has 2 aromatic rings. The van der Waals surface area contributed by atoms with Crippen LogP contribution < -0.4 is 0 Å². The second kappa shape index (κ2) is 5.66. The van der Waals surface area contributed by atoms with Crippen molar-refractivity contribution < 1.29 is 14.6 Å². The van der Waals surface area contributed by atoms with Gasteiger partial charge in [0.1, 0.15) is 6.33 Å². The quantitative estimate of drug-likeness (QED) is 0.933. The summed E-state index contributed by atoms with van der Waals surface area (Å²) in [6.07, 6.45) is 4.28. The summed E-state index contributed by atoms with van der Waals surface area (Å²) in [4.78, 5) is 18.8. The van der Waals surface area contributed by atoms with Crippen molar-refractivity contribution in [2.45, 2.75) is 24.9 Å². The third-order valence-electron chi connectivity index (χ3n) is 4.19. The van der Waals surface area contributed by atoms with Gasteiger partial charge < -0.3 is 9.84 Å². The Labute approximate surface area is 132 Å². The number of rotatable bonds is 4. The van der Waals surface area contributed by atoms with Gasteiger partial charge >= 0.3 is 5.97 Å². The molecular formula is C16H15ClN2O3. The molecule has 5 nitrogen and oxygen atoms in total. The lowest BCUT2D eigenvalue weighted by atomic mass is 9.74. The van der Waals surface area contributed by atoms with Gasteiger partial charge in [-0.25, -0.2) is 14.8 Å². The van der Waals surface area contributed by atoms with Crippen molar-refractivity contribution in [1.82, 2.24) is 9.97 Å². The molecule has 1 aliphatic carbocycles. The fourth-order valence-electron chi connectivity index (χ4n) is 2.76. The number of hydrogen-bond acceptors (Lipinski definition) is 4. The summed E-state index contributed by atoms with van der Waals surface area (Å²) >= 11 is 6.42. The number of carbonyl (C=O) groups is 1. The maximum atomic E-state index is 11.0. The van der Waals surface area contributed by atoms with Crippen molar-refractivity contribution in [3.63, 3.8) is 0 Å². The second-order valence-electron chi connectivity index (χ2n) is 5.34. The lowest BCUT2D eigenvalue weighted by Crippen LogP contribution is -2.36. The molecule has 1 aliphatic rings. The van der Waals surface area contributed by atoms with E-state index in [0.29, 0.717) is 10.7 Å². The number of ether oxygens (including phenoxy) is 1. The van der Waals surface area contributed by atoms with Gasteiger partial charge in [-0.2, -0.15) is 0 Å². The molecule has 3 rings (SSSR count). The second-order valence-corrected chi connectivity index (χ2v) is 5.75. The van der Waals surface area contributed by atoms with Crippen LogP contribution in [0.3, 0.4) is 0 Å². The van der Waals surface area contributed by atoms with E-state index in [4.69, 9.17) is 21.4 Å². The molecule has 0 bridgehead atoms. The zero-order chi connectivity index (χ0) is 15.7. The molecule has 6 heteroatoms. The maximum Gasteiger partial charge on any atom is 0.354 e. The minimum absolute atomic E-state index is 0.0439. The van der Waals surface area contributed by atoms with Crippen molar-refractivity contribution in [2.75, 3.05) is 7.11 Å². The third kappa shape index (κ3) is 2.46. The molecule has 0 amide bonds. The molecule has 1 N–H and O–H groups in total. The van der Waals surface area contributed by atoms with Gasteiger partial charge in [0.15, 0.2) is 5.69 Å². The van der Waals surface area contributed by atoms with Crippen LogP contribution in [0, 0.1) is 0 Å². The number of methoxy groups -OCH3 is 1. The number of aromatic carboxylic acids is 1. The van der Waals surface area contributed by atoms with Gasteiger partial charge in [-0.15, -0.1) is 0 Å². The smallest absolute Gasteiger partial charge is 0.354 e. The van der Waals surface area contributed by atoms with E-state index in [-0.39, 0.29) is 11.3 Å². The number of halogens is 1. The van der Waals surface area contributed by atoms with Crippen molar-refractivity contribution >= 4 is 17.6 Å². The maximum absolute atomic E-state index is 11.0. The van der Waals surface area contributed by atoms with E-state index < -0.39 is 5.97 Å². The number of hydrogen-bond donors (Lipinski definition) is 1. The highest BCUT2D eigenvalue weighted by Gasteiger charge is 2.40. The van der Waals surface area contributed by atoms with E-state index in [1.807, 2.05) is 12.1 Å². The Hall–Kier alpha value is -1.98. The molecule has 22 heavy (non-hydrogen) atoms. The van der Waals surface area contributed by atoms with Gasteiger partial charge in [0.05, 0.1) is 11.3 Å². The van der Waals surface area contributed by atoms with Crippen molar-refractivity contribution in [1.29, 1.82) is 0 Å². The summed E-state index contributed by atoms with van der Waals surface area (Å²) in [7, 11) is 1.70. The van der Waals surface area contributed by atoms with Gasteiger partial charge in [-0.1, -0.05) is 23.7 Å². The van der Waals surface area contributed by atoms with Gasteiger partial charge in [0, 0.05) is 23.3 Å². The number of carboxylic acid groups (broad SMARTS) is 1. The molecule has 1 aromatic carbocycles. The largest absolute Gasteiger partial charge is 0.477 e. The molecule has 1 aromatic heterocycles. The van der Waals surface area contributed by atoms with E-state index in [2.05, 4.69) is 9.97 Å². The van der Waals surface area contributed by atoms with Crippen LogP contribution in [0.1, 0.15) is 35.3 Å². The predicted molar refractivity (Wildman–Crippen MR) is 82.0 cm³/mol. The van der Waals surface area contributed by atoms with Gasteiger partial charge in [0.2, 0.25) is 0 Å². The van der Waals surface area contributed by atoms with Crippen molar-refractivity contribution in [3.8, 4) is 11.3 Å². The third-order valence-corrected chi connectivity index (χ3v) is 4.51. The Morgan fingerprint density at radius 3 is 2.64 bits per heavy atom. The summed E-state index contributed by atoms with van der Waals surface area (Å²) in [5, 5.41) is 9.61.